The van der Waals surface area contributed by atoms with Gasteiger partial charge < -0.3 is 9.52 Å². The molecule has 0 bridgehead atoms. The van der Waals surface area contributed by atoms with Crippen LogP contribution in [0.15, 0.2) is 32.5 Å². The van der Waals surface area contributed by atoms with Crippen molar-refractivity contribution in [2.24, 2.45) is 12.0 Å². The van der Waals surface area contributed by atoms with Crippen LogP contribution < -0.4 is 5.76 Å². The number of aromatic nitrogens is 2. The number of hydrogen-bond donors (Lipinski definition) is 1. The molecule has 6 nitrogen and oxygen atoms in total. The van der Waals surface area contributed by atoms with Gasteiger partial charge in [-0.3, -0.25) is 0 Å². The molecule has 0 aromatic carbocycles. The molecule has 2 aromatic heterocycles. The van der Waals surface area contributed by atoms with E-state index in [4.69, 9.17) is 4.42 Å². The average Bonchev–Trinajstić information content (AvgIpc) is 2.89. The van der Waals surface area contributed by atoms with Crippen LogP contribution in [0.4, 0.5) is 5.82 Å². The van der Waals surface area contributed by atoms with Crippen molar-refractivity contribution < 1.29 is 9.52 Å². The van der Waals surface area contributed by atoms with Crippen LogP contribution in [0.25, 0.3) is 11.6 Å². The Bertz CT molecular complexity index is 737. The van der Waals surface area contributed by atoms with Gasteiger partial charge in [-0.25, -0.2) is 19.3 Å². The Morgan fingerprint density at radius 3 is 3.06 bits per heavy atom. The van der Waals surface area contributed by atoms with E-state index in [1.165, 1.54) is 7.05 Å². The molecule has 3 rings (SSSR count). The van der Waals surface area contributed by atoms with Gasteiger partial charge >= 0.3 is 5.76 Å². The Kier molecular flexibility index (Phi) is 2.16. The largest absolute Gasteiger partial charge is 0.492 e. The summed E-state index contributed by atoms with van der Waals surface area (Å²) in [6.45, 7) is 0. The van der Waals surface area contributed by atoms with Gasteiger partial charge in [-0.2, -0.15) is 0 Å². The number of hydrogen-bond acceptors (Lipinski definition) is 5. The third-order valence-electron chi connectivity index (χ3n) is 2.72. The molecule has 1 aliphatic rings. The summed E-state index contributed by atoms with van der Waals surface area (Å²) in [5.74, 6) is -0.0962. The maximum absolute atomic E-state index is 11.2. The number of aliphatic imine (C=N–C) groups is 1. The highest BCUT2D eigenvalue weighted by Gasteiger charge is 2.16. The molecule has 0 saturated heterocycles. The van der Waals surface area contributed by atoms with Gasteiger partial charge in [0.15, 0.2) is 11.6 Å². The molecule has 1 N–H and O–H groups in total. The topological polar surface area (TPSA) is 80.6 Å². The van der Waals surface area contributed by atoms with Crippen LogP contribution in [0, 0.1) is 0 Å². The van der Waals surface area contributed by atoms with Crippen molar-refractivity contribution in [3.63, 3.8) is 0 Å². The minimum atomic E-state index is -0.610. The standard InChI is InChI=1S/C12H9N3O3/c1-15-11(16)9(18-12(15)17)5-7-6-14-10-8(7)3-2-4-13-10/h2-6,16H,1H3. The molecule has 0 radical (unpaired) electrons. The van der Waals surface area contributed by atoms with Crippen molar-refractivity contribution in [2.75, 3.05) is 0 Å². The first-order valence-electron chi connectivity index (χ1n) is 5.27. The van der Waals surface area contributed by atoms with Crippen LogP contribution in [0.5, 0.6) is 5.88 Å². The van der Waals surface area contributed by atoms with E-state index in [1.807, 2.05) is 6.07 Å². The van der Waals surface area contributed by atoms with Gasteiger partial charge in [-0.15, -0.1) is 0 Å². The van der Waals surface area contributed by atoms with Gasteiger partial charge in [-0.05, 0) is 18.2 Å². The van der Waals surface area contributed by atoms with E-state index in [9.17, 15) is 9.90 Å². The normalized spacial score (nSPS) is 15.3. The minimum absolute atomic E-state index is 0.112. The van der Waals surface area contributed by atoms with Gasteiger partial charge in [0.2, 0.25) is 5.88 Å². The number of rotatable bonds is 1. The second kappa shape index (κ2) is 3.69. The third-order valence-corrected chi connectivity index (χ3v) is 2.72. The molecule has 0 amide bonds. The lowest BCUT2D eigenvalue weighted by Gasteiger charge is -1.96. The average molecular weight is 243 g/mol. The Balaban J connectivity index is 2.12. The van der Waals surface area contributed by atoms with E-state index in [-0.39, 0.29) is 11.6 Å². The molecule has 90 valence electrons. The van der Waals surface area contributed by atoms with Crippen molar-refractivity contribution in [2.45, 2.75) is 0 Å². The summed E-state index contributed by atoms with van der Waals surface area (Å²) in [6, 6.07) is 3.65. The number of nitrogens with zero attached hydrogens (tertiary/aromatic N) is 3. The highest BCUT2D eigenvalue weighted by Crippen LogP contribution is 2.31. The Morgan fingerprint density at radius 2 is 2.33 bits per heavy atom. The summed E-state index contributed by atoms with van der Waals surface area (Å²) in [4.78, 5) is 19.5. The second-order valence-electron chi connectivity index (χ2n) is 3.85. The number of allylic oxidation sites excluding steroid dienone is 1. The zero-order chi connectivity index (χ0) is 12.7. The van der Waals surface area contributed by atoms with Crippen molar-refractivity contribution >= 4 is 23.7 Å². The predicted octanol–water partition coefficient (Wildman–Crippen LogP) is 1.34. The van der Waals surface area contributed by atoms with Gasteiger partial charge in [0.25, 0.3) is 0 Å². The molecule has 0 fully saturated rings. The Hall–Kier alpha value is -2.63. The Labute approximate surface area is 102 Å². The summed E-state index contributed by atoms with van der Waals surface area (Å²) in [5.41, 5.74) is 1.58. The molecule has 0 unspecified atom stereocenters. The quantitative estimate of drug-likeness (QED) is 0.819. The van der Waals surface area contributed by atoms with Crippen LogP contribution in [0.2, 0.25) is 0 Å². The maximum Gasteiger partial charge on any atom is 0.422 e. The van der Waals surface area contributed by atoms with Gasteiger partial charge in [0.05, 0.1) is 0 Å². The van der Waals surface area contributed by atoms with E-state index < -0.39 is 5.76 Å². The smallest absolute Gasteiger partial charge is 0.422 e. The molecule has 0 atom stereocenters. The number of oxazole rings is 1. The van der Waals surface area contributed by atoms with Crippen LogP contribution in [-0.2, 0) is 7.05 Å². The third kappa shape index (κ3) is 1.46. The van der Waals surface area contributed by atoms with E-state index in [1.54, 1.807) is 24.6 Å². The predicted molar refractivity (Wildman–Crippen MR) is 65.9 cm³/mol. The summed E-state index contributed by atoms with van der Waals surface area (Å²) in [6.07, 6.45) is 4.83. The first-order chi connectivity index (χ1) is 8.66. The highest BCUT2D eigenvalue weighted by molar-refractivity contribution is 6.20. The lowest BCUT2D eigenvalue weighted by molar-refractivity contribution is 0.427. The first kappa shape index (κ1) is 10.5. The van der Waals surface area contributed by atoms with Crippen LogP contribution >= 0.6 is 0 Å². The van der Waals surface area contributed by atoms with E-state index in [0.29, 0.717) is 5.82 Å². The molecule has 6 heteroatoms. The number of pyridine rings is 1. The van der Waals surface area contributed by atoms with Crippen LogP contribution in [-0.4, -0.2) is 20.9 Å². The van der Waals surface area contributed by atoms with Gasteiger partial charge in [0.1, 0.15) is 0 Å². The summed E-state index contributed by atoms with van der Waals surface area (Å²) in [5, 5.41) is 9.69. The van der Waals surface area contributed by atoms with Crippen molar-refractivity contribution in [1.29, 1.82) is 0 Å². The SMILES string of the molecule is Cn1c(O)c(C=C2C=Nc3ncccc32)oc1=O. The van der Waals surface area contributed by atoms with Gasteiger partial charge in [-0.1, -0.05) is 0 Å². The first-order valence-corrected chi connectivity index (χ1v) is 5.27. The fourth-order valence-corrected chi connectivity index (χ4v) is 1.74. The molecule has 0 saturated carbocycles. The highest BCUT2D eigenvalue weighted by atomic mass is 16.4. The maximum atomic E-state index is 11.2. The zero-order valence-corrected chi connectivity index (χ0v) is 9.49. The molecule has 2 aromatic rings. The molecule has 18 heavy (non-hydrogen) atoms. The summed E-state index contributed by atoms with van der Waals surface area (Å²) < 4.78 is 5.95. The molecular weight excluding hydrogens is 234 g/mol. The lowest BCUT2D eigenvalue weighted by Crippen LogP contribution is -2.07. The fourth-order valence-electron chi connectivity index (χ4n) is 1.74. The molecule has 0 aliphatic carbocycles. The lowest BCUT2D eigenvalue weighted by atomic mass is 10.1. The van der Waals surface area contributed by atoms with Crippen molar-refractivity contribution in [1.82, 2.24) is 9.55 Å². The number of aromatic hydroxyl groups is 1. The molecular formula is C12H9N3O3. The van der Waals surface area contributed by atoms with E-state index in [0.717, 1.165) is 15.7 Å². The van der Waals surface area contributed by atoms with E-state index >= 15 is 0 Å². The van der Waals surface area contributed by atoms with E-state index in [2.05, 4.69) is 9.98 Å². The summed E-state index contributed by atoms with van der Waals surface area (Å²) >= 11 is 0. The van der Waals surface area contributed by atoms with Crippen LogP contribution in [0.3, 0.4) is 0 Å². The second-order valence-corrected chi connectivity index (χ2v) is 3.85. The summed E-state index contributed by atoms with van der Waals surface area (Å²) in [7, 11) is 1.43. The zero-order valence-electron chi connectivity index (χ0n) is 9.49. The number of fused-ring (bicyclic) bond motifs is 1. The molecule has 0 spiro atoms. The monoisotopic (exact) mass is 243 g/mol. The van der Waals surface area contributed by atoms with Gasteiger partial charge in [0, 0.05) is 30.6 Å². The fraction of sp³-hybridized carbons (Fsp3) is 0.0833. The Morgan fingerprint density at radius 1 is 1.50 bits per heavy atom. The van der Waals surface area contributed by atoms with Crippen LogP contribution in [0.1, 0.15) is 11.3 Å². The van der Waals surface area contributed by atoms with Crippen molar-refractivity contribution in [3.8, 4) is 5.88 Å². The molecule has 3 heterocycles. The molecule has 1 aliphatic heterocycles. The minimum Gasteiger partial charge on any atom is -0.492 e. The van der Waals surface area contributed by atoms with Crippen molar-refractivity contribution in [3.05, 3.63) is 40.2 Å².